The van der Waals surface area contributed by atoms with Crippen LogP contribution in [-0.2, 0) is 6.54 Å². The van der Waals surface area contributed by atoms with Crippen molar-refractivity contribution in [3.63, 3.8) is 0 Å². The predicted octanol–water partition coefficient (Wildman–Crippen LogP) is 3.16. The van der Waals surface area contributed by atoms with Crippen LogP contribution in [0.5, 0.6) is 0 Å². The lowest BCUT2D eigenvalue weighted by atomic mass is 9.94. The summed E-state index contributed by atoms with van der Waals surface area (Å²) in [5.41, 5.74) is 1.20. The van der Waals surface area contributed by atoms with Gasteiger partial charge in [-0.25, -0.2) is 0 Å². The number of nitrogens with one attached hydrogen (secondary N) is 1. The Bertz CT molecular complexity index is 359. The van der Waals surface area contributed by atoms with Crippen molar-refractivity contribution in [2.45, 2.75) is 25.8 Å². The number of nitrogens with zero attached hydrogens (tertiary/aromatic N) is 1. The molecule has 1 saturated heterocycles. The van der Waals surface area contributed by atoms with Gasteiger partial charge in [-0.1, -0.05) is 29.8 Å². The van der Waals surface area contributed by atoms with E-state index in [1.807, 2.05) is 18.2 Å². The van der Waals surface area contributed by atoms with E-state index in [4.69, 9.17) is 11.6 Å². The zero-order valence-corrected chi connectivity index (χ0v) is 11.9. The van der Waals surface area contributed by atoms with Crippen molar-refractivity contribution < 1.29 is 0 Å². The van der Waals surface area contributed by atoms with Gasteiger partial charge in [-0.15, -0.1) is 0 Å². The monoisotopic (exact) mass is 266 g/mol. The summed E-state index contributed by atoms with van der Waals surface area (Å²) >= 11 is 6.12. The van der Waals surface area contributed by atoms with Gasteiger partial charge in [-0.3, -0.25) is 0 Å². The van der Waals surface area contributed by atoms with Crippen molar-refractivity contribution in [1.82, 2.24) is 10.2 Å². The van der Waals surface area contributed by atoms with Gasteiger partial charge in [0.25, 0.3) is 0 Å². The van der Waals surface area contributed by atoms with E-state index in [1.165, 1.54) is 37.9 Å². The van der Waals surface area contributed by atoms with Gasteiger partial charge >= 0.3 is 0 Å². The van der Waals surface area contributed by atoms with Crippen LogP contribution in [0.25, 0.3) is 0 Å². The summed E-state index contributed by atoms with van der Waals surface area (Å²) in [7, 11) is 2.21. The number of rotatable bonds is 5. The first-order valence-corrected chi connectivity index (χ1v) is 7.26. The molecule has 0 amide bonds. The Labute approximate surface area is 115 Å². The van der Waals surface area contributed by atoms with Gasteiger partial charge in [0.2, 0.25) is 0 Å². The lowest BCUT2D eigenvalue weighted by molar-refractivity contribution is 0.211. The molecule has 0 saturated carbocycles. The molecule has 0 aliphatic carbocycles. The number of halogens is 1. The Kier molecular flexibility index (Phi) is 5.48. The molecule has 1 aliphatic rings. The molecule has 0 spiro atoms. The fourth-order valence-corrected chi connectivity index (χ4v) is 2.72. The quantitative estimate of drug-likeness (QED) is 0.824. The molecule has 1 heterocycles. The van der Waals surface area contributed by atoms with Crippen molar-refractivity contribution in [1.29, 1.82) is 0 Å². The van der Waals surface area contributed by atoms with Crippen LogP contribution in [0.3, 0.4) is 0 Å². The molecule has 2 nitrogen and oxygen atoms in total. The van der Waals surface area contributed by atoms with Crippen molar-refractivity contribution in [3.8, 4) is 0 Å². The molecular weight excluding hydrogens is 244 g/mol. The molecule has 0 atom stereocenters. The number of benzene rings is 1. The van der Waals surface area contributed by atoms with Crippen LogP contribution in [0.2, 0.25) is 5.02 Å². The van der Waals surface area contributed by atoms with Crippen LogP contribution in [0.4, 0.5) is 0 Å². The zero-order chi connectivity index (χ0) is 12.8. The van der Waals surface area contributed by atoms with Crippen molar-refractivity contribution in [3.05, 3.63) is 34.9 Å². The fourth-order valence-electron chi connectivity index (χ4n) is 2.52. The summed E-state index contributed by atoms with van der Waals surface area (Å²) in [5, 5.41) is 4.37. The van der Waals surface area contributed by atoms with E-state index in [9.17, 15) is 0 Å². The summed E-state index contributed by atoms with van der Waals surface area (Å²) in [5.74, 6) is 0.903. The summed E-state index contributed by atoms with van der Waals surface area (Å²) in [6.45, 7) is 4.50. The Morgan fingerprint density at radius 1 is 1.28 bits per heavy atom. The first-order chi connectivity index (χ1) is 8.75. The van der Waals surface area contributed by atoms with Crippen LogP contribution < -0.4 is 5.32 Å². The summed E-state index contributed by atoms with van der Waals surface area (Å²) in [6.07, 6.45) is 3.99. The average Bonchev–Trinajstić information content (AvgIpc) is 2.39. The number of hydrogen-bond donors (Lipinski definition) is 1. The minimum Gasteiger partial charge on any atom is -0.313 e. The Morgan fingerprint density at radius 2 is 2.00 bits per heavy atom. The first kappa shape index (κ1) is 13.9. The van der Waals surface area contributed by atoms with Crippen LogP contribution in [0, 0.1) is 5.92 Å². The molecule has 1 aromatic rings. The van der Waals surface area contributed by atoms with E-state index in [0.717, 1.165) is 24.0 Å². The second kappa shape index (κ2) is 7.13. The molecule has 18 heavy (non-hydrogen) atoms. The summed E-state index contributed by atoms with van der Waals surface area (Å²) in [6, 6.07) is 8.06. The molecule has 1 aliphatic heterocycles. The van der Waals surface area contributed by atoms with Crippen molar-refractivity contribution >= 4 is 11.6 Å². The smallest absolute Gasteiger partial charge is 0.0450 e. The van der Waals surface area contributed by atoms with Crippen LogP contribution in [0.1, 0.15) is 24.8 Å². The molecule has 3 heteroatoms. The zero-order valence-electron chi connectivity index (χ0n) is 11.2. The largest absolute Gasteiger partial charge is 0.313 e. The minimum absolute atomic E-state index is 0.865. The van der Waals surface area contributed by atoms with Gasteiger partial charge in [-0.2, -0.15) is 0 Å². The van der Waals surface area contributed by atoms with E-state index in [1.54, 1.807) is 0 Å². The lowest BCUT2D eigenvalue weighted by Gasteiger charge is -2.28. The van der Waals surface area contributed by atoms with E-state index >= 15 is 0 Å². The lowest BCUT2D eigenvalue weighted by Crippen LogP contribution is -2.31. The first-order valence-electron chi connectivity index (χ1n) is 6.88. The van der Waals surface area contributed by atoms with Gasteiger partial charge in [-0.05, 0) is 63.5 Å². The van der Waals surface area contributed by atoms with Gasteiger partial charge < -0.3 is 10.2 Å². The van der Waals surface area contributed by atoms with Crippen LogP contribution in [-0.4, -0.2) is 31.6 Å². The van der Waals surface area contributed by atoms with E-state index < -0.39 is 0 Å². The molecular formula is C15H23ClN2. The van der Waals surface area contributed by atoms with E-state index in [-0.39, 0.29) is 0 Å². The maximum Gasteiger partial charge on any atom is 0.0450 e. The maximum atomic E-state index is 6.12. The average molecular weight is 267 g/mol. The topological polar surface area (TPSA) is 15.3 Å². The highest BCUT2D eigenvalue weighted by Crippen LogP contribution is 2.19. The highest BCUT2D eigenvalue weighted by atomic mass is 35.5. The van der Waals surface area contributed by atoms with Crippen LogP contribution in [0.15, 0.2) is 24.3 Å². The molecule has 1 N–H and O–H groups in total. The minimum atomic E-state index is 0.865. The van der Waals surface area contributed by atoms with Gasteiger partial charge in [0, 0.05) is 11.6 Å². The molecule has 0 aromatic heterocycles. The Balaban J connectivity index is 1.63. The third-order valence-corrected chi connectivity index (χ3v) is 4.21. The SMILES string of the molecule is CN1CCC(CCNCc2ccccc2Cl)CC1. The molecule has 2 rings (SSSR count). The second-order valence-electron chi connectivity index (χ2n) is 5.30. The van der Waals surface area contributed by atoms with E-state index in [2.05, 4.69) is 23.3 Å². The number of hydrogen-bond acceptors (Lipinski definition) is 2. The Morgan fingerprint density at radius 3 is 2.72 bits per heavy atom. The molecule has 1 fully saturated rings. The van der Waals surface area contributed by atoms with Gasteiger partial charge in [0.15, 0.2) is 0 Å². The molecule has 100 valence electrons. The molecule has 0 bridgehead atoms. The number of likely N-dealkylation sites (tertiary alicyclic amines) is 1. The summed E-state index contributed by atoms with van der Waals surface area (Å²) < 4.78 is 0. The second-order valence-corrected chi connectivity index (χ2v) is 5.71. The summed E-state index contributed by atoms with van der Waals surface area (Å²) in [4.78, 5) is 2.42. The number of piperidine rings is 1. The third kappa shape index (κ3) is 4.27. The Hall–Kier alpha value is -0.570. The van der Waals surface area contributed by atoms with Crippen molar-refractivity contribution in [2.75, 3.05) is 26.7 Å². The van der Waals surface area contributed by atoms with Gasteiger partial charge in [0.1, 0.15) is 0 Å². The van der Waals surface area contributed by atoms with Crippen molar-refractivity contribution in [2.24, 2.45) is 5.92 Å². The highest BCUT2D eigenvalue weighted by Gasteiger charge is 2.15. The molecule has 0 unspecified atom stereocenters. The predicted molar refractivity (Wildman–Crippen MR) is 78.0 cm³/mol. The molecule has 0 radical (unpaired) electrons. The normalized spacial score (nSPS) is 18.1. The van der Waals surface area contributed by atoms with E-state index in [0.29, 0.717) is 0 Å². The fraction of sp³-hybridized carbons (Fsp3) is 0.600. The standard InChI is InChI=1S/C15H23ClN2/c1-18-10-7-13(8-11-18)6-9-17-12-14-4-2-3-5-15(14)16/h2-5,13,17H,6-12H2,1H3. The maximum absolute atomic E-state index is 6.12. The third-order valence-electron chi connectivity index (χ3n) is 3.84. The van der Waals surface area contributed by atoms with Crippen LogP contribution >= 0.6 is 11.6 Å². The van der Waals surface area contributed by atoms with Gasteiger partial charge in [0.05, 0.1) is 0 Å². The highest BCUT2D eigenvalue weighted by molar-refractivity contribution is 6.31. The molecule has 1 aromatic carbocycles.